The lowest BCUT2D eigenvalue weighted by Gasteiger charge is -2.25. The maximum atomic E-state index is 13.2. The SMILES string of the molecule is Cc1ccc(C2(O)CCc3cc(F)ccc32)cc1Cl. The largest absolute Gasteiger partial charge is 0.380 e. The van der Waals surface area contributed by atoms with Crippen molar-refractivity contribution in [2.75, 3.05) is 0 Å². The van der Waals surface area contributed by atoms with Crippen molar-refractivity contribution in [1.29, 1.82) is 0 Å². The summed E-state index contributed by atoms with van der Waals surface area (Å²) < 4.78 is 13.2. The minimum Gasteiger partial charge on any atom is -0.380 e. The van der Waals surface area contributed by atoms with E-state index < -0.39 is 5.60 Å². The molecule has 2 aromatic rings. The Kier molecular flexibility index (Phi) is 2.88. The van der Waals surface area contributed by atoms with Gasteiger partial charge in [-0.05, 0) is 60.2 Å². The average Bonchev–Trinajstić information content (AvgIpc) is 2.71. The van der Waals surface area contributed by atoms with Crippen molar-refractivity contribution in [3.63, 3.8) is 0 Å². The van der Waals surface area contributed by atoms with Crippen LogP contribution in [0.15, 0.2) is 36.4 Å². The monoisotopic (exact) mass is 276 g/mol. The molecule has 19 heavy (non-hydrogen) atoms. The number of hydrogen-bond donors (Lipinski definition) is 1. The van der Waals surface area contributed by atoms with Crippen LogP contribution in [0.3, 0.4) is 0 Å². The van der Waals surface area contributed by atoms with E-state index >= 15 is 0 Å². The Morgan fingerprint density at radius 3 is 2.74 bits per heavy atom. The summed E-state index contributed by atoms with van der Waals surface area (Å²) in [5.41, 5.74) is 2.35. The summed E-state index contributed by atoms with van der Waals surface area (Å²) in [6.45, 7) is 1.92. The lowest BCUT2D eigenvalue weighted by atomic mass is 9.87. The van der Waals surface area contributed by atoms with E-state index in [1.807, 2.05) is 19.1 Å². The number of aryl methyl sites for hydroxylation is 2. The molecular weight excluding hydrogens is 263 g/mol. The molecule has 1 N–H and O–H groups in total. The maximum absolute atomic E-state index is 13.2. The predicted molar refractivity (Wildman–Crippen MR) is 73.9 cm³/mol. The number of benzene rings is 2. The fourth-order valence-electron chi connectivity index (χ4n) is 2.77. The smallest absolute Gasteiger partial charge is 0.123 e. The van der Waals surface area contributed by atoms with Crippen molar-refractivity contribution in [3.8, 4) is 0 Å². The van der Waals surface area contributed by atoms with Crippen LogP contribution in [-0.4, -0.2) is 5.11 Å². The molecular formula is C16H14ClFO. The van der Waals surface area contributed by atoms with Crippen LogP contribution in [0.25, 0.3) is 0 Å². The minimum atomic E-state index is -1.06. The Morgan fingerprint density at radius 1 is 1.21 bits per heavy atom. The van der Waals surface area contributed by atoms with Gasteiger partial charge >= 0.3 is 0 Å². The van der Waals surface area contributed by atoms with Gasteiger partial charge in [-0.1, -0.05) is 29.8 Å². The Morgan fingerprint density at radius 2 is 2.00 bits per heavy atom. The van der Waals surface area contributed by atoms with Crippen LogP contribution in [0.5, 0.6) is 0 Å². The fraction of sp³-hybridized carbons (Fsp3) is 0.250. The topological polar surface area (TPSA) is 20.2 Å². The summed E-state index contributed by atoms with van der Waals surface area (Å²) in [4.78, 5) is 0. The number of hydrogen-bond acceptors (Lipinski definition) is 1. The third-order valence-corrected chi connectivity index (χ3v) is 4.33. The van der Waals surface area contributed by atoms with Crippen LogP contribution < -0.4 is 0 Å². The van der Waals surface area contributed by atoms with E-state index in [1.54, 1.807) is 12.1 Å². The molecule has 1 nitrogen and oxygen atoms in total. The van der Waals surface area contributed by atoms with Crippen LogP contribution in [0.2, 0.25) is 5.02 Å². The fourth-order valence-corrected chi connectivity index (χ4v) is 2.95. The standard InChI is InChI=1S/C16H14ClFO/c1-10-2-3-12(9-15(10)17)16(19)7-6-11-8-13(18)4-5-14(11)16/h2-5,8-9,19H,6-7H2,1H3. The number of rotatable bonds is 1. The minimum absolute atomic E-state index is 0.259. The molecule has 0 spiro atoms. The van der Waals surface area contributed by atoms with Gasteiger partial charge in [0.2, 0.25) is 0 Å². The molecule has 0 aliphatic heterocycles. The molecule has 0 amide bonds. The Bertz CT molecular complexity index is 653. The highest BCUT2D eigenvalue weighted by Crippen LogP contribution is 2.42. The van der Waals surface area contributed by atoms with Gasteiger partial charge in [0.1, 0.15) is 11.4 Å². The molecule has 0 saturated carbocycles. The van der Waals surface area contributed by atoms with Crippen molar-refractivity contribution >= 4 is 11.6 Å². The van der Waals surface area contributed by atoms with Crippen LogP contribution in [0.4, 0.5) is 4.39 Å². The molecule has 0 saturated heterocycles. The second kappa shape index (κ2) is 4.32. The van der Waals surface area contributed by atoms with Gasteiger partial charge in [-0.2, -0.15) is 0 Å². The van der Waals surface area contributed by atoms with Gasteiger partial charge in [-0.3, -0.25) is 0 Å². The molecule has 98 valence electrons. The Hall–Kier alpha value is -1.38. The highest BCUT2D eigenvalue weighted by atomic mass is 35.5. The summed E-state index contributed by atoms with van der Waals surface area (Å²) >= 11 is 6.14. The molecule has 0 aromatic heterocycles. The normalized spacial score (nSPS) is 21.5. The molecule has 1 atom stereocenters. The van der Waals surface area contributed by atoms with Crippen molar-refractivity contribution in [3.05, 3.63) is 69.5 Å². The third-order valence-electron chi connectivity index (χ3n) is 3.92. The van der Waals surface area contributed by atoms with E-state index in [1.165, 1.54) is 12.1 Å². The van der Waals surface area contributed by atoms with Gasteiger partial charge < -0.3 is 5.11 Å². The highest BCUT2D eigenvalue weighted by molar-refractivity contribution is 6.31. The van der Waals surface area contributed by atoms with E-state index in [0.29, 0.717) is 17.9 Å². The van der Waals surface area contributed by atoms with E-state index in [0.717, 1.165) is 22.3 Å². The van der Waals surface area contributed by atoms with Crippen LogP contribution >= 0.6 is 11.6 Å². The second-order valence-electron chi connectivity index (χ2n) is 5.13. The first-order valence-electron chi connectivity index (χ1n) is 6.28. The van der Waals surface area contributed by atoms with E-state index in [4.69, 9.17) is 11.6 Å². The van der Waals surface area contributed by atoms with Crippen LogP contribution in [-0.2, 0) is 12.0 Å². The zero-order chi connectivity index (χ0) is 13.6. The molecule has 0 fully saturated rings. The first-order chi connectivity index (χ1) is 9.00. The van der Waals surface area contributed by atoms with E-state index in [2.05, 4.69) is 0 Å². The first kappa shape index (κ1) is 12.6. The van der Waals surface area contributed by atoms with Gasteiger partial charge in [-0.15, -0.1) is 0 Å². The molecule has 3 rings (SSSR count). The molecule has 0 bridgehead atoms. The van der Waals surface area contributed by atoms with Crippen molar-refractivity contribution < 1.29 is 9.50 Å². The van der Waals surface area contributed by atoms with Crippen molar-refractivity contribution in [1.82, 2.24) is 0 Å². The second-order valence-corrected chi connectivity index (χ2v) is 5.53. The van der Waals surface area contributed by atoms with Crippen molar-refractivity contribution in [2.24, 2.45) is 0 Å². The predicted octanol–water partition coefficient (Wildman–Crippen LogP) is 3.97. The average molecular weight is 277 g/mol. The van der Waals surface area contributed by atoms with Crippen molar-refractivity contribution in [2.45, 2.75) is 25.4 Å². The van der Waals surface area contributed by atoms with Gasteiger partial charge in [0, 0.05) is 5.02 Å². The summed E-state index contributed by atoms with van der Waals surface area (Å²) in [7, 11) is 0. The molecule has 1 unspecified atom stereocenters. The number of fused-ring (bicyclic) bond motifs is 1. The van der Waals surface area contributed by atoms with Gasteiger partial charge in [0.25, 0.3) is 0 Å². The summed E-state index contributed by atoms with van der Waals surface area (Å²) in [6.07, 6.45) is 1.24. The van der Waals surface area contributed by atoms with Crippen LogP contribution in [0, 0.1) is 12.7 Å². The lowest BCUT2D eigenvalue weighted by molar-refractivity contribution is 0.0829. The Labute approximate surface area is 116 Å². The lowest BCUT2D eigenvalue weighted by Crippen LogP contribution is -2.23. The molecule has 0 radical (unpaired) electrons. The third kappa shape index (κ3) is 1.96. The summed E-state index contributed by atoms with van der Waals surface area (Å²) in [5.74, 6) is -0.259. The van der Waals surface area contributed by atoms with Gasteiger partial charge in [-0.25, -0.2) is 4.39 Å². The van der Waals surface area contributed by atoms with E-state index in [9.17, 15) is 9.50 Å². The molecule has 0 heterocycles. The zero-order valence-corrected chi connectivity index (χ0v) is 11.3. The molecule has 2 aromatic carbocycles. The first-order valence-corrected chi connectivity index (χ1v) is 6.66. The maximum Gasteiger partial charge on any atom is 0.123 e. The summed E-state index contributed by atoms with van der Waals surface area (Å²) in [6, 6.07) is 10.2. The molecule has 1 aliphatic carbocycles. The molecule has 3 heteroatoms. The number of aliphatic hydroxyl groups is 1. The highest BCUT2D eigenvalue weighted by Gasteiger charge is 2.38. The van der Waals surface area contributed by atoms with E-state index in [-0.39, 0.29) is 5.82 Å². The van der Waals surface area contributed by atoms with Gasteiger partial charge in [0.15, 0.2) is 0 Å². The quantitative estimate of drug-likeness (QED) is 0.836. The number of halogens is 2. The summed E-state index contributed by atoms with van der Waals surface area (Å²) in [5, 5.41) is 11.6. The zero-order valence-electron chi connectivity index (χ0n) is 10.6. The van der Waals surface area contributed by atoms with Gasteiger partial charge in [0.05, 0.1) is 0 Å². The molecule has 1 aliphatic rings. The Balaban J connectivity index is 2.13. The van der Waals surface area contributed by atoms with Crippen LogP contribution in [0.1, 0.15) is 28.7 Å².